The Labute approximate surface area is 217 Å². The van der Waals surface area contributed by atoms with Gasteiger partial charge in [-0.2, -0.15) is 18.3 Å². The van der Waals surface area contributed by atoms with Gasteiger partial charge in [-0.3, -0.25) is 4.79 Å². The van der Waals surface area contributed by atoms with Crippen LogP contribution < -0.4 is 10.6 Å². The van der Waals surface area contributed by atoms with Crippen LogP contribution in [-0.4, -0.2) is 94.0 Å². The highest BCUT2D eigenvalue weighted by molar-refractivity contribution is 5.84. The first-order valence-electron chi connectivity index (χ1n) is 12.7. The highest BCUT2D eigenvalue weighted by Gasteiger charge is 2.42. The monoisotopic (exact) mass is 542 g/mol. The van der Waals surface area contributed by atoms with Crippen LogP contribution in [-0.2, 0) is 20.8 Å². The van der Waals surface area contributed by atoms with E-state index < -0.39 is 31.0 Å². The summed E-state index contributed by atoms with van der Waals surface area (Å²) in [5, 5.41) is 19.8. The fourth-order valence-electron chi connectivity index (χ4n) is 4.60. The van der Waals surface area contributed by atoms with Gasteiger partial charge in [0.25, 0.3) is 5.91 Å². The van der Waals surface area contributed by atoms with Gasteiger partial charge >= 0.3 is 12.3 Å². The Hall–Kier alpha value is -2.97. The van der Waals surface area contributed by atoms with E-state index in [0.29, 0.717) is 24.3 Å². The van der Waals surface area contributed by atoms with Gasteiger partial charge in [0.1, 0.15) is 12.7 Å². The molecule has 2 fully saturated rings. The lowest BCUT2D eigenvalue weighted by Crippen LogP contribution is -2.55. The van der Waals surface area contributed by atoms with Crippen LogP contribution in [0.15, 0.2) is 12.1 Å². The molecule has 1 saturated heterocycles. The van der Waals surface area contributed by atoms with E-state index in [9.17, 15) is 22.8 Å². The Bertz CT molecular complexity index is 1130. The van der Waals surface area contributed by atoms with Gasteiger partial charge in [-0.1, -0.05) is 0 Å². The lowest BCUT2D eigenvalue weighted by molar-refractivity contribution is -0.178. The molecule has 38 heavy (non-hydrogen) atoms. The molecule has 0 spiro atoms. The van der Waals surface area contributed by atoms with Crippen molar-refractivity contribution in [2.24, 2.45) is 0 Å². The Kier molecular flexibility index (Phi) is 8.73. The second kappa shape index (κ2) is 11.8. The molecule has 3 N–H and O–H groups in total. The van der Waals surface area contributed by atoms with Crippen molar-refractivity contribution in [2.45, 2.75) is 70.1 Å². The maximum atomic E-state index is 13.6. The standard InChI is InChI=1S/C24H33F3N6O5/c1-14-4-7-18-20(31-32(21(18)30-14)9-3-8-28-23(35)36)15(2)33(17-5-6-17)22(34)19-10-29-16(12-38-19)11-37-13-24(25,26)27/h4,7,15-17,19,28-29H,3,5-6,8-13H2,1-2H3,(H,35,36)/t15-,16-,19-/m1/s1. The SMILES string of the molecule is Cc1ccc2c([C@@H](C)N(C(=O)[C@H]3CN[C@H](COCC(F)(F)F)CO3)C3CC3)nn(CCCNC(=O)O)c2n1. The van der Waals surface area contributed by atoms with E-state index in [1.807, 2.05) is 26.0 Å². The van der Waals surface area contributed by atoms with Crippen LogP contribution in [0.4, 0.5) is 18.0 Å². The average molecular weight is 543 g/mol. The Morgan fingerprint density at radius 1 is 1.37 bits per heavy atom. The molecule has 1 aliphatic heterocycles. The molecule has 210 valence electrons. The largest absolute Gasteiger partial charge is 0.465 e. The van der Waals surface area contributed by atoms with Crippen LogP contribution in [0.25, 0.3) is 11.0 Å². The number of carbonyl (C=O) groups is 2. The van der Waals surface area contributed by atoms with Crippen LogP contribution in [0.1, 0.15) is 43.6 Å². The van der Waals surface area contributed by atoms with Crippen LogP contribution in [0, 0.1) is 6.92 Å². The van der Waals surface area contributed by atoms with Gasteiger partial charge in [-0.15, -0.1) is 0 Å². The smallest absolute Gasteiger partial charge is 0.411 e. The minimum Gasteiger partial charge on any atom is -0.465 e. The van der Waals surface area contributed by atoms with Gasteiger partial charge in [0.05, 0.1) is 31.0 Å². The lowest BCUT2D eigenvalue weighted by atomic mass is 10.1. The molecule has 14 heteroatoms. The Morgan fingerprint density at radius 3 is 2.76 bits per heavy atom. The van der Waals surface area contributed by atoms with Crippen molar-refractivity contribution in [3.8, 4) is 0 Å². The Balaban J connectivity index is 1.45. The molecular formula is C24H33F3N6O5. The molecule has 0 bridgehead atoms. The minimum absolute atomic E-state index is 0.0484. The molecule has 3 atom stereocenters. The Morgan fingerprint density at radius 2 is 2.13 bits per heavy atom. The number of carboxylic acid groups (broad SMARTS) is 1. The summed E-state index contributed by atoms with van der Waals surface area (Å²) >= 11 is 0. The first-order valence-corrected chi connectivity index (χ1v) is 12.7. The van der Waals surface area contributed by atoms with Crippen molar-refractivity contribution in [3.63, 3.8) is 0 Å². The first-order chi connectivity index (χ1) is 18.0. The number of pyridine rings is 1. The maximum absolute atomic E-state index is 13.6. The highest BCUT2D eigenvalue weighted by Crippen LogP contribution is 2.37. The van der Waals surface area contributed by atoms with Crippen LogP contribution in [0.3, 0.4) is 0 Å². The van der Waals surface area contributed by atoms with Gasteiger partial charge in [-0.05, 0) is 45.2 Å². The number of nitrogens with one attached hydrogen (secondary N) is 2. The van der Waals surface area contributed by atoms with Gasteiger partial charge in [0.15, 0.2) is 5.65 Å². The van der Waals surface area contributed by atoms with E-state index in [-0.39, 0.29) is 44.3 Å². The quantitative estimate of drug-likeness (QED) is 0.369. The first kappa shape index (κ1) is 28.0. The second-order valence-electron chi connectivity index (χ2n) is 9.73. The van der Waals surface area contributed by atoms with E-state index >= 15 is 0 Å². The van der Waals surface area contributed by atoms with E-state index in [2.05, 4.69) is 15.6 Å². The van der Waals surface area contributed by atoms with Gasteiger partial charge in [-0.25, -0.2) is 14.5 Å². The summed E-state index contributed by atoms with van der Waals surface area (Å²) in [7, 11) is 0. The summed E-state index contributed by atoms with van der Waals surface area (Å²) in [5.74, 6) is -0.199. The number of alkyl halides is 3. The molecule has 1 aliphatic carbocycles. The predicted octanol–water partition coefficient (Wildman–Crippen LogP) is 2.39. The number of rotatable bonds is 11. The van der Waals surface area contributed by atoms with Crippen LogP contribution >= 0.6 is 0 Å². The number of hydrogen-bond donors (Lipinski definition) is 3. The summed E-state index contributed by atoms with van der Waals surface area (Å²) in [5.41, 5.74) is 2.18. The molecular weight excluding hydrogens is 509 g/mol. The van der Waals surface area contributed by atoms with Crippen molar-refractivity contribution < 1.29 is 37.3 Å². The van der Waals surface area contributed by atoms with Gasteiger partial charge in [0.2, 0.25) is 0 Å². The van der Waals surface area contributed by atoms with E-state index in [1.165, 1.54) is 0 Å². The molecule has 2 aromatic rings. The van der Waals surface area contributed by atoms with Crippen molar-refractivity contribution >= 4 is 23.0 Å². The molecule has 0 unspecified atom stereocenters. The fourth-order valence-corrected chi connectivity index (χ4v) is 4.60. The molecule has 2 aromatic heterocycles. The van der Waals surface area contributed by atoms with E-state index in [4.69, 9.17) is 19.7 Å². The highest BCUT2D eigenvalue weighted by atomic mass is 19.4. The van der Waals surface area contributed by atoms with Gasteiger partial charge in [0, 0.05) is 36.8 Å². The number of halogens is 3. The molecule has 2 amide bonds. The summed E-state index contributed by atoms with van der Waals surface area (Å²) in [6.07, 6.45) is -4.00. The van der Waals surface area contributed by atoms with Crippen LogP contribution in [0.2, 0.25) is 0 Å². The zero-order valence-electron chi connectivity index (χ0n) is 21.3. The second-order valence-corrected chi connectivity index (χ2v) is 9.73. The molecule has 11 nitrogen and oxygen atoms in total. The molecule has 0 aromatic carbocycles. The molecule has 2 aliphatic rings. The number of fused-ring (bicyclic) bond motifs is 1. The average Bonchev–Trinajstić information content (AvgIpc) is 3.62. The van der Waals surface area contributed by atoms with E-state index in [0.717, 1.165) is 23.9 Å². The zero-order chi connectivity index (χ0) is 27.4. The third kappa shape index (κ3) is 7.11. The summed E-state index contributed by atoms with van der Waals surface area (Å²) in [6, 6.07) is 3.05. The van der Waals surface area contributed by atoms with Gasteiger partial charge < -0.3 is 30.1 Å². The predicted molar refractivity (Wildman–Crippen MR) is 130 cm³/mol. The van der Waals surface area contributed by atoms with Crippen LogP contribution in [0.5, 0.6) is 0 Å². The number of carbonyl (C=O) groups excluding carboxylic acids is 1. The zero-order valence-corrected chi connectivity index (χ0v) is 21.3. The van der Waals surface area contributed by atoms with Crippen molar-refractivity contribution in [2.75, 3.05) is 32.9 Å². The van der Waals surface area contributed by atoms with Crippen molar-refractivity contribution in [1.29, 1.82) is 0 Å². The summed E-state index contributed by atoms with van der Waals surface area (Å²) in [4.78, 5) is 30.8. The number of nitrogens with zero attached hydrogens (tertiary/aromatic N) is 4. The summed E-state index contributed by atoms with van der Waals surface area (Å²) in [6.45, 7) is 3.25. The third-order valence-corrected chi connectivity index (χ3v) is 6.54. The molecule has 3 heterocycles. The fraction of sp³-hybridized carbons (Fsp3) is 0.667. The van der Waals surface area contributed by atoms with Crippen molar-refractivity contribution in [3.05, 3.63) is 23.5 Å². The molecule has 4 rings (SSSR count). The maximum Gasteiger partial charge on any atom is 0.411 e. The number of aryl methyl sites for hydroxylation is 2. The van der Waals surface area contributed by atoms with Crippen molar-refractivity contribution in [1.82, 2.24) is 30.3 Å². The van der Waals surface area contributed by atoms with E-state index in [1.54, 1.807) is 9.58 Å². The number of ether oxygens (including phenoxy) is 2. The number of aromatic nitrogens is 3. The topological polar surface area (TPSA) is 131 Å². The third-order valence-electron chi connectivity index (χ3n) is 6.54. The minimum atomic E-state index is -4.39. The summed E-state index contributed by atoms with van der Waals surface area (Å²) < 4.78 is 49.2. The lowest BCUT2D eigenvalue weighted by Gasteiger charge is -2.35. The number of amides is 2. The molecule has 1 saturated carbocycles. The number of hydrogen-bond acceptors (Lipinski definition) is 7. The number of morpholine rings is 1. The normalized spacial score (nSPS) is 20.9. The molecule has 0 radical (unpaired) electrons.